The van der Waals surface area contributed by atoms with Crippen LogP contribution >= 0.6 is 11.3 Å². The number of thiazole rings is 1. The molecule has 1 aromatic carbocycles. The summed E-state index contributed by atoms with van der Waals surface area (Å²) in [5, 5.41) is 16.9. The molecule has 1 aliphatic carbocycles. The minimum atomic E-state index is -1.26. The fraction of sp³-hybridized carbons (Fsp3) is 0.316. The van der Waals surface area contributed by atoms with Gasteiger partial charge in [-0.25, -0.2) is 14.6 Å². The van der Waals surface area contributed by atoms with Gasteiger partial charge in [0.05, 0.1) is 10.7 Å². The molecule has 0 amide bonds. The highest BCUT2D eigenvalue weighted by molar-refractivity contribution is 7.12. The lowest BCUT2D eigenvalue weighted by molar-refractivity contribution is -0.134. The van der Waals surface area contributed by atoms with Crippen LogP contribution in [0.3, 0.4) is 0 Å². The van der Waals surface area contributed by atoms with E-state index in [4.69, 9.17) is 20.9 Å². The van der Waals surface area contributed by atoms with E-state index in [2.05, 4.69) is 24.3 Å². The molecule has 0 unspecified atom stereocenters. The lowest BCUT2D eigenvalue weighted by Crippen LogP contribution is -1.98. The van der Waals surface area contributed by atoms with Gasteiger partial charge in [-0.3, -0.25) is 0 Å². The average molecular weight is 374 g/mol. The minimum absolute atomic E-state index is 0.558. The molecule has 0 atom stereocenters. The number of benzene rings is 1. The molecule has 2 aromatic rings. The first-order valence-corrected chi connectivity index (χ1v) is 9.23. The van der Waals surface area contributed by atoms with Crippen LogP contribution in [-0.2, 0) is 22.4 Å². The van der Waals surface area contributed by atoms with Crippen LogP contribution in [0, 0.1) is 0 Å². The van der Waals surface area contributed by atoms with Crippen LogP contribution in [0.25, 0.3) is 11.3 Å². The van der Waals surface area contributed by atoms with E-state index in [0.29, 0.717) is 12.2 Å². The molecule has 0 saturated heterocycles. The number of hydrogen-bond donors (Lipinski definition) is 3. The molecule has 1 aliphatic rings. The molecule has 0 aliphatic heterocycles. The van der Waals surface area contributed by atoms with Gasteiger partial charge in [0.15, 0.2) is 0 Å². The molecule has 3 rings (SSSR count). The predicted octanol–water partition coefficient (Wildman–Crippen LogP) is 3.10. The number of nitrogens with zero attached hydrogens (tertiary/aromatic N) is 1. The van der Waals surface area contributed by atoms with Crippen LogP contribution in [0.1, 0.15) is 34.7 Å². The zero-order valence-electron chi connectivity index (χ0n) is 14.4. The maximum atomic E-state index is 9.55. The molecule has 0 fully saturated rings. The molecule has 0 spiro atoms. The molecule has 1 heterocycles. The second kappa shape index (κ2) is 9.84. The standard InChI is InChI=1S/C15H18N2S.C4H4O4/c16-9-5-1-2-8-14-17-15-12-7-4-3-6-11(12)10-13(15)18-14;5-3(6)1-2-4(7)8/h3-4,6-7H,1-2,5,8-10,16H2;1-2H,(H,5,6)(H,7,8). The maximum absolute atomic E-state index is 9.55. The van der Waals surface area contributed by atoms with Gasteiger partial charge in [0.25, 0.3) is 0 Å². The van der Waals surface area contributed by atoms with Crippen molar-refractivity contribution >= 4 is 23.3 Å². The van der Waals surface area contributed by atoms with E-state index >= 15 is 0 Å². The van der Waals surface area contributed by atoms with E-state index in [1.54, 1.807) is 0 Å². The highest BCUT2D eigenvalue weighted by Gasteiger charge is 2.22. The number of fused-ring (bicyclic) bond motifs is 3. The summed E-state index contributed by atoms with van der Waals surface area (Å²) >= 11 is 1.89. The molecule has 4 N–H and O–H groups in total. The first-order valence-electron chi connectivity index (χ1n) is 8.42. The van der Waals surface area contributed by atoms with Crippen molar-refractivity contribution in [3.05, 3.63) is 51.9 Å². The van der Waals surface area contributed by atoms with Crippen molar-refractivity contribution in [3.63, 3.8) is 0 Å². The van der Waals surface area contributed by atoms with E-state index in [1.807, 2.05) is 11.3 Å². The fourth-order valence-electron chi connectivity index (χ4n) is 2.66. The number of carboxylic acid groups (broad SMARTS) is 2. The lowest BCUT2D eigenvalue weighted by Gasteiger charge is -1.99. The number of hydrogen-bond acceptors (Lipinski definition) is 5. The number of carboxylic acids is 2. The normalized spacial score (nSPS) is 11.6. The van der Waals surface area contributed by atoms with E-state index < -0.39 is 11.9 Å². The highest BCUT2D eigenvalue weighted by atomic mass is 32.1. The quantitative estimate of drug-likeness (QED) is 0.432. The fourth-order valence-corrected chi connectivity index (χ4v) is 3.80. The van der Waals surface area contributed by atoms with Gasteiger partial charge in [-0.1, -0.05) is 30.7 Å². The second-order valence-corrected chi connectivity index (χ2v) is 6.99. The molecule has 138 valence electrons. The Morgan fingerprint density at radius 1 is 1.12 bits per heavy atom. The van der Waals surface area contributed by atoms with E-state index in [0.717, 1.165) is 25.8 Å². The molecule has 0 radical (unpaired) electrons. The molecular formula is C19H22N2O4S. The first kappa shape index (κ1) is 19.8. The summed E-state index contributed by atoms with van der Waals surface area (Å²) in [4.78, 5) is 25.4. The third-order valence-corrected chi connectivity index (χ3v) is 4.94. The Labute approximate surface area is 156 Å². The number of aryl methyl sites for hydroxylation is 1. The molecule has 7 heteroatoms. The lowest BCUT2D eigenvalue weighted by atomic mass is 10.1. The number of carbonyl (C=O) groups is 2. The van der Waals surface area contributed by atoms with Crippen molar-refractivity contribution in [2.45, 2.75) is 32.1 Å². The molecule has 0 bridgehead atoms. The van der Waals surface area contributed by atoms with Gasteiger partial charge in [-0.2, -0.15) is 0 Å². The monoisotopic (exact) mass is 374 g/mol. The van der Waals surface area contributed by atoms with Crippen LogP contribution in [0.2, 0.25) is 0 Å². The maximum Gasteiger partial charge on any atom is 0.328 e. The van der Waals surface area contributed by atoms with Gasteiger partial charge in [0.2, 0.25) is 0 Å². The Balaban J connectivity index is 0.000000260. The third kappa shape index (κ3) is 5.79. The topological polar surface area (TPSA) is 114 Å². The van der Waals surface area contributed by atoms with Gasteiger partial charge in [-0.05, 0) is 31.4 Å². The van der Waals surface area contributed by atoms with E-state index in [1.165, 1.54) is 39.5 Å². The SMILES string of the molecule is NCCCCCc1nc2c(s1)Cc1ccccc1-2.O=C(O)C=CC(=O)O. The largest absolute Gasteiger partial charge is 0.478 e. The summed E-state index contributed by atoms with van der Waals surface area (Å²) in [6.45, 7) is 0.807. The predicted molar refractivity (Wildman–Crippen MR) is 101 cm³/mol. The number of rotatable bonds is 7. The zero-order chi connectivity index (χ0) is 18.9. The summed E-state index contributed by atoms with van der Waals surface area (Å²) in [6, 6.07) is 8.63. The highest BCUT2D eigenvalue weighted by Crippen LogP contribution is 2.39. The van der Waals surface area contributed by atoms with Gasteiger partial charge in [-0.15, -0.1) is 11.3 Å². The Morgan fingerprint density at radius 3 is 2.46 bits per heavy atom. The Morgan fingerprint density at radius 2 is 1.81 bits per heavy atom. The van der Waals surface area contributed by atoms with Crippen molar-refractivity contribution in [1.82, 2.24) is 4.98 Å². The number of aliphatic carboxylic acids is 2. The first-order chi connectivity index (χ1) is 12.5. The van der Waals surface area contributed by atoms with Crippen LogP contribution in [0.5, 0.6) is 0 Å². The number of nitrogens with two attached hydrogens (primary N) is 1. The Bertz CT molecular complexity index is 783. The molecule has 26 heavy (non-hydrogen) atoms. The average Bonchev–Trinajstić information content (AvgIpc) is 3.15. The number of unbranched alkanes of at least 4 members (excludes halogenated alkanes) is 2. The van der Waals surface area contributed by atoms with Gasteiger partial charge >= 0.3 is 11.9 Å². The second-order valence-electron chi connectivity index (χ2n) is 5.82. The van der Waals surface area contributed by atoms with Crippen molar-refractivity contribution < 1.29 is 19.8 Å². The van der Waals surface area contributed by atoms with Crippen molar-refractivity contribution in [1.29, 1.82) is 0 Å². The van der Waals surface area contributed by atoms with Gasteiger partial charge < -0.3 is 15.9 Å². The molecule has 0 saturated carbocycles. The molecule has 6 nitrogen and oxygen atoms in total. The Kier molecular flexibility index (Phi) is 7.50. The van der Waals surface area contributed by atoms with Crippen molar-refractivity contribution in [3.8, 4) is 11.3 Å². The summed E-state index contributed by atoms with van der Waals surface area (Å²) in [6.07, 6.45) is 6.87. The minimum Gasteiger partial charge on any atom is -0.478 e. The molecule has 1 aromatic heterocycles. The van der Waals surface area contributed by atoms with Crippen LogP contribution in [-0.4, -0.2) is 33.7 Å². The smallest absolute Gasteiger partial charge is 0.328 e. The number of aromatic nitrogens is 1. The summed E-state index contributed by atoms with van der Waals surface area (Å²) in [5.74, 6) is -2.51. The van der Waals surface area contributed by atoms with Gasteiger partial charge in [0.1, 0.15) is 0 Å². The van der Waals surface area contributed by atoms with E-state index in [-0.39, 0.29) is 0 Å². The van der Waals surface area contributed by atoms with Crippen LogP contribution < -0.4 is 5.73 Å². The van der Waals surface area contributed by atoms with Crippen LogP contribution in [0.4, 0.5) is 0 Å². The zero-order valence-corrected chi connectivity index (χ0v) is 15.2. The van der Waals surface area contributed by atoms with Crippen molar-refractivity contribution in [2.75, 3.05) is 6.54 Å². The summed E-state index contributed by atoms with van der Waals surface area (Å²) in [5.41, 5.74) is 9.52. The third-order valence-electron chi connectivity index (χ3n) is 3.83. The van der Waals surface area contributed by atoms with E-state index in [9.17, 15) is 9.59 Å². The molecular weight excluding hydrogens is 352 g/mol. The Hall–Kier alpha value is -2.51. The van der Waals surface area contributed by atoms with Crippen molar-refractivity contribution in [2.24, 2.45) is 5.73 Å². The summed E-state index contributed by atoms with van der Waals surface area (Å²) in [7, 11) is 0. The van der Waals surface area contributed by atoms with Crippen LogP contribution in [0.15, 0.2) is 36.4 Å². The van der Waals surface area contributed by atoms with Gasteiger partial charge in [0, 0.05) is 29.0 Å². The summed E-state index contributed by atoms with van der Waals surface area (Å²) < 4.78 is 0.